The van der Waals surface area contributed by atoms with E-state index in [1.165, 1.54) is 18.2 Å². The molecule has 0 radical (unpaired) electrons. The fourth-order valence-electron chi connectivity index (χ4n) is 5.50. The summed E-state index contributed by atoms with van der Waals surface area (Å²) in [7, 11) is 0. The van der Waals surface area contributed by atoms with Gasteiger partial charge >= 0.3 is 5.69 Å². The molecule has 0 amide bonds. The van der Waals surface area contributed by atoms with E-state index >= 15 is 17.6 Å². The van der Waals surface area contributed by atoms with Crippen molar-refractivity contribution in [3.8, 4) is 22.3 Å². The Hall–Kier alpha value is -6.13. The van der Waals surface area contributed by atoms with E-state index in [0.717, 1.165) is 30.4 Å². The molecule has 17 heteroatoms. The van der Waals surface area contributed by atoms with Crippen LogP contribution in [0.2, 0.25) is 0 Å². The maximum atomic E-state index is 15.2. The molecule has 0 saturated carbocycles. The van der Waals surface area contributed by atoms with Gasteiger partial charge in [-0.1, -0.05) is 0 Å². The summed E-state index contributed by atoms with van der Waals surface area (Å²) >= 11 is 0. The predicted octanol–water partition coefficient (Wildman–Crippen LogP) is 9.33. The van der Waals surface area contributed by atoms with Gasteiger partial charge in [-0.15, -0.1) is 0 Å². The van der Waals surface area contributed by atoms with Crippen LogP contribution >= 0.6 is 0 Å². The van der Waals surface area contributed by atoms with Crippen molar-refractivity contribution >= 4 is 50.9 Å². The monoisotopic (exact) mass is 675 g/mol. The van der Waals surface area contributed by atoms with Crippen molar-refractivity contribution in [1.82, 2.24) is 19.9 Å². The molecule has 7 nitrogen and oxygen atoms in total. The Bertz CT molecular complexity index is 2510. The molecule has 4 aromatic heterocycles. The third-order valence-corrected chi connectivity index (χ3v) is 7.65. The first-order valence-corrected chi connectivity index (χ1v) is 13.3. The zero-order valence-electron chi connectivity index (χ0n) is 23.1. The van der Waals surface area contributed by atoms with Crippen molar-refractivity contribution in [3.05, 3.63) is 116 Å². The number of hydrogen-bond donors (Lipinski definition) is 3. The molecule has 0 saturated heterocycles. The second-order valence-electron chi connectivity index (χ2n) is 10.3. The number of nitrogens with zero attached hydrogens (tertiary/aromatic N) is 2. The highest BCUT2D eigenvalue weighted by Crippen LogP contribution is 2.40. The minimum absolute atomic E-state index is 0.0424. The lowest BCUT2D eigenvalue weighted by molar-refractivity contribution is -0.383. The Morgan fingerprint density at radius 2 is 0.771 bits per heavy atom. The Morgan fingerprint density at radius 3 is 1.23 bits per heavy atom. The van der Waals surface area contributed by atoms with Gasteiger partial charge in [0.05, 0.1) is 32.8 Å². The van der Waals surface area contributed by atoms with Crippen LogP contribution in [0.25, 0.3) is 67.5 Å². The second-order valence-corrected chi connectivity index (χ2v) is 10.3. The van der Waals surface area contributed by atoms with E-state index in [1.807, 2.05) is 0 Å². The summed E-state index contributed by atoms with van der Waals surface area (Å²) < 4.78 is 146. The molecule has 0 atom stereocenters. The van der Waals surface area contributed by atoms with Gasteiger partial charge in [0, 0.05) is 27.7 Å². The van der Waals surface area contributed by atoms with Crippen LogP contribution in [0.5, 0.6) is 0 Å². The largest absolute Gasteiger partial charge is 0.353 e. The van der Waals surface area contributed by atoms with Crippen LogP contribution in [-0.2, 0) is 0 Å². The van der Waals surface area contributed by atoms with Crippen LogP contribution in [0.1, 0.15) is 11.4 Å². The summed E-state index contributed by atoms with van der Waals surface area (Å²) in [5.74, 6) is -22.8. The number of H-pyrrole nitrogens is 3. The molecular formula is C31H11F10N5O2. The van der Waals surface area contributed by atoms with Gasteiger partial charge in [-0.2, -0.15) is 0 Å². The molecule has 242 valence electrons. The van der Waals surface area contributed by atoms with Crippen LogP contribution in [0.3, 0.4) is 0 Å². The first kappa shape index (κ1) is 30.5. The molecule has 5 heterocycles. The van der Waals surface area contributed by atoms with Gasteiger partial charge in [-0.25, -0.2) is 48.9 Å². The van der Waals surface area contributed by atoms with Gasteiger partial charge in [0.2, 0.25) is 11.6 Å². The summed E-state index contributed by atoms with van der Waals surface area (Å²) in [6.45, 7) is 0. The van der Waals surface area contributed by atoms with Gasteiger partial charge < -0.3 is 15.0 Å². The molecule has 48 heavy (non-hydrogen) atoms. The van der Waals surface area contributed by atoms with Crippen LogP contribution in [0.4, 0.5) is 49.6 Å². The first-order chi connectivity index (χ1) is 22.8. The Balaban J connectivity index is 1.71. The SMILES string of the molecule is O=[N+]([O-])c1c2nc(c(-c3c(F)c(F)c(F)c(F)c3F)c3ccc([nH]3)c3ccc([nH]3)c(-c3c(F)c(F)c(F)c(F)c3F)c3ccc1[nH]3)C=C2. The number of nitro groups is 1. The maximum absolute atomic E-state index is 15.2. The molecule has 0 spiro atoms. The highest BCUT2D eigenvalue weighted by molar-refractivity contribution is 5.98. The van der Waals surface area contributed by atoms with E-state index < -0.39 is 108 Å². The van der Waals surface area contributed by atoms with Crippen LogP contribution < -0.4 is 0 Å². The number of fused-ring (bicyclic) bond motifs is 9. The fourth-order valence-corrected chi connectivity index (χ4v) is 5.50. The molecule has 7 rings (SSSR count). The van der Waals surface area contributed by atoms with Gasteiger partial charge in [-0.3, -0.25) is 10.1 Å². The molecule has 1 aliphatic heterocycles. The number of halogens is 10. The third kappa shape index (κ3) is 4.34. The fraction of sp³-hybridized carbons (Fsp3) is 0. The van der Waals surface area contributed by atoms with E-state index in [1.54, 1.807) is 0 Å². The smallest absolute Gasteiger partial charge is 0.318 e. The van der Waals surface area contributed by atoms with E-state index in [-0.39, 0.29) is 27.6 Å². The molecule has 2 aromatic carbocycles. The topological polar surface area (TPSA) is 103 Å². The van der Waals surface area contributed by atoms with Crippen LogP contribution in [0.15, 0.2) is 36.4 Å². The van der Waals surface area contributed by atoms with Crippen molar-refractivity contribution in [2.45, 2.75) is 0 Å². The zero-order valence-corrected chi connectivity index (χ0v) is 23.1. The zero-order chi connectivity index (χ0) is 34.3. The Kier molecular flexibility index (Phi) is 6.81. The Labute approximate surface area is 258 Å². The molecular weight excluding hydrogens is 664 g/mol. The predicted molar refractivity (Wildman–Crippen MR) is 152 cm³/mol. The minimum atomic E-state index is -2.43. The van der Waals surface area contributed by atoms with Gasteiger partial charge in [0.25, 0.3) is 0 Å². The highest BCUT2D eigenvalue weighted by Gasteiger charge is 2.31. The average Bonchev–Trinajstić information content (AvgIpc) is 3.89. The molecule has 6 aromatic rings. The third-order valence-electron chi connectivity index (χ3n) is 7.65. The molecule has 0 fully saturated rings. The van der Waals surface area contributed by atoms with E-state index in [9.17, 15) is 36.5 Å². The standard InChI is InChI=1S/C31H11F10N5O2/c32-21-19(22(33)26(37)29(40)25(21)36)17-11-3-1-9(42-11)10-2-4-12(43-10)18(20-23(34)27(38)30(41)28(39)24(20)35)14-6-8-16(45-14)31(46(47)48)15-7-5-13(17)44-15/h1-8,42-44H. The molecule has 8 bridgehead atoms. The number of hydrogen-bond acceptors (Lipinski definition) is 3. The van der Waals surface area contributed by atoms with Gasteiger partial charge in [0.1, 0.15) is 11.2 Å². The number of benzene rings is 2. The number of nitrogens with one attached hydrogen (secondary N) is 3. The molecule has 3 N–H and O–H groups in total. The quantitative estimate of drug-likeness (QED) is 0.0572. The number of aromatic amines is 3. The highest BCUT2D eigenvalue weighted by atomic mass is 19.2. The van der Waals surface area contributed by atoms with E-state index in [0.29, 0.717) is 0 Å². The summed E-state index contributed by atoms with van der Waals surface area (Å²) in [5.41, 5.74) is -7.21. The van der Waals surface area contributed by atoms with Gasteiger partial charge in [0.15, 0.2) is 46.5 Å². The lowest BCUT2D eigenvalue weighted by atomic mass is 10.0. The molecule has 1 aliphatic rings. The van der Waals surface area contributed by atoms with E-state index in [4.69, 9.17) is 0 Å². The van der Waals surface area contributed by atoms with Crippen molar-refractivity contribution < 1.29 is 48.8 Å². The van der Waals surface area contributed by atoms with Crippen molar-refractivity contribution in [1.29, 1.82) is 0 Å². The summed E-state index contributed by atoms with van der Waals surface area (Å²) in [4.78, 5) is 23.4. The minimum Gasteiger partial charge on any atom is -0.353 e. The van der Waals surface area contributed by atoms with Crippen molar-refractivity contribution in [2.24, 2.45) is 0 Å². The van der Waals surface area contributed by atoms with Crippen molar-refractivity contribution in [2.75, 3.05) is 0 Å². The normalized spacial score (nSPS) is 12.0. The van der Waals surface area contributed by atoms with Gasteiger partial charge in [-0.05, 0) is 48.6 Å². The lowest BCUT2D eigenvalue weighted by Gasteiger charge is -2.09. The van der Waals surface area contributed by atoms with Crippen LogP contribution in [-0.4, -0.2) is 24.9 Å². The Morgan fingerprint density at radius 1 is 0.438 bits per heavy atom. The van der Waals surface area contributed by atoms with Crippen LogP contribution in [0, 0.1) is 68.3 Å². The number of aromatic nitrogens is 4. The summed E-state index contributed by atoms with van der Waals surface area (Å²) in [5, 5.41) is 12.3. The average molecular weight is 675 g/mol. The molecule has 0 unspecified atom stereocenters. The maximum Gasteiger partial charge on any atom is 0.318 e. The molecule has 0 aliphatic carbocycles. The first-order valence-electron chi connectivity index (χ1n) is 13.3. The second kappa shape index (κ2) is 10.7. The van der Waals surface area contributed by atoms with E-state index in [2.05, 4.69) is 19.9 Å². The summed E-state index contributed by atoms with van der Waals surface area (Å²) in [6, 6.07) is 6.97. The van der Waals surface area contributed by atoms with Crippen molar-refractivity contribution in [3.63, 3.8) is 0 Å². The number of rotatable bonds is 3. The summed E-state index contributed by atoms with van der Waals surface area (Å²) in [6.07, 6.45) is 2.02. The lowest BCUT2D eigenvalue weighted by Crippen LogP contribution is -2.05.